The van der Waals surface area contributed by atoms with Crippen molar-refractivity contribution >= 4 is 107 Å². The summed E-state index contributed by atoms with van der Waals surface area (Å²) in [7, 11) is 0. The van der Waals surface area contributed by atoms with E-state index in [1.54, 1.807) is 0 Å². The first-order valence-electron chi connectivity index (χ1n) is 48.5. The van der Waals surface area contributed by atoms with Crippen LogP contribution in [0.4, 0.5) is 39.8 Å². The van der Waals surface area contributed by atoms with E-state index in [0.717, 1.165) is 134 Å². The third-order valence-electron chi connectivity index (χ3n) is 28.8. The molecule has 6 nitrogen and oxygen atoms in total. The van der Waals surface area contributed by atoms with Gasteiger partial charge in [0.25, 0.3) is 6.71 Å². The molecule has 135 heavy (non-hydrogen) atoms. The van der Waals surface area contributed by atoms with Crippen molar-refractivity contribution in [2.24, 2.45) is 0 Å². The lowest BCUT2D eigenvalue weighted by Crippen LogP contribution is -2.61. The number of fused-ring (bicyclic) bond motifs is 10. The molecule has 0 unspecified atom stereocenters. The van der Waals surface area contributed by atoms with Gasteiger partial charge in [-0.15, -0.1) is 0 Å². The van der Waals surface area contributed by atoms with Gasteiger partial charge in [-0.25, -0.2) is 4.85 Å². The summed E-state index contributed by atoms with van der Waals surface area (Å²) in [5.41, 5.74) is 38.8. The Kier molecular flexibility index (Phi) is 21.6. The van der Waals surface area contributed by atoms with Crippen molar-refractivity contribution in [2.75, 3.05) is 9.80 Å². The average molecular weight is 1760 g/mol. The third kappa shape index (κ3) is 16.3. The van der Waals surface area contributed by atoms with Gasteiger partial charge in [0.1, 0.15) is 0 Å². The SMILES string of the molecule is [C-]#[N+]c1cccc(-c2cc(-c3cc(C(C)(C)C)cc(C(C)(C)C)c3)c(N3c4cc(-n5c6ccccc6c6ccccc65)ccc4B4c5ccc(-n6c7ccccc7c7ccccc76)cc5N(c5c(-c6cc(C(C)(C)C)cc(C(C)(C)C)c6)cc(-c6cccc(C#N)c6)cc5-c5cc(C(C)(C)C)cc(C(C)(C)C)c5)c5cc(C(C)(C)C)cc3c54)c(-c3cc(C(C)(C)C)cc(C(C)(C)C)c3)c2)c1. The van der Waals surface area contributed by atoms with Crippen molar-refractivity contribution in [1.29, 1.82) is 5.26 Å². The lowest BCUT2D eigenvalue weighted by Gasteiger charge is -2.47. The highest BCUT2D eigenvalue weighted by Gasteiger charge is 2.48. The van der Waals surface area contributed by atoms with Crippen LogP contribution in [0.5, 0.6) is 0 Å². The van der Waals surface area contributed by atoms with Crippen molar-refractivity contribution in [3.8, 4) is 84.2 Å². The minimum absolute atomic E-state index is 0.273. The first-order chi connectivity index (χ1) is 63.5. The highest BCUT2D eigenvalue weighted by Crippen LogP contribution is 2.58. The van der Waals surface area contributed by atoms with Gasteiger partial charge in [-0.2, -0.15) is 5.26 Å². The highest BCUT2D eigenvalue weighted by molar-refractivity contribution is 7.00. The lowest BCUT2D eigenvalue weighted by atomic mass is 9.33. The molecule has 2 aliphatic heterocycles. The average Bonchev–Trinajstić information content (AvgIpc) is 1.22. The largest absolute Gasteiger partial charge is 0.310 e. The van der Waals surface area contributed by atoms with E-state index in [2.05, 4.69) is 496 Å². The summed E-state index contributed by atoms with van der Waals surface area (Å²) in [5.74, 6) is 0. The van der Waals surface area contributed by atoms with E-state index >= 15 is 0 Å². The summed E-state index contributed by atoms with van der Waals surface area (Å²) in [6.45, 7) is 72.3. The molecule has 674 valence electrons. The Morgan fingerprint density at radius 2 is 0.526 bits per heavy atom. The van der Waals surface area contributed by atoms with Gasteiger partial charge in [0, 0.05) is 77.9 Å². The smallest absolute Gasteiger partial charge is 0.252 e. The van der Waals surface area contributed by atoms with Gasteiger partial charge in [-0.05, 0) is 263 Å². The molecule has 0 aliphatic carbocycles. The van der Waals surface area contributed by atoms with Gasteiger partial charge >= 0.3 is 0 Å². The molecule has 2 aromatic heterocycles. The molecule has 17 aromatic rings. The van der Waals surface area contributed by atoms with Crippen LogP contribution < -0.4 is 26.2 Å². The second-order valence-corrected chi connectivity index (χ2v) is 47.9. The highest BCUT2D eigenvalue weighted by atomic mass is 15.2. The molecular weight excluding hydrogens is 1630 g/mol. The molecule has 0 fully saturated rings. The fourth-order valence-electron chi connectivity index (χ4n) is 20.6. The second kappa shape index (κ2) is 32.1. The maximum atomic E-state index is 11.1. The summed E-state index contributed by atoms with van der Waals surface area (Å²) in [6, 6.07) is 115. The topological polar surface area (TPSA) is 44.5 Å². The van der Waals surface area contributed by atoms with Crippen LogP contribution in [-0.2, 0) is 48.7 Å². The minimum Gasteiger partial charge on any atom is -0.310 e. The lowest BCUT2D eigenvalue weighted by molar-refractivity contribution is 0.568. The molecule has 0 saturated heterocycles. The summed E-state index contributed by atoms with van der Waals surface area (Å²) in [4.78, 5) is 9.74. The summed E-state index contributed by atoms with van der Waals surface area (Å²) in [5, 5.41) is 15.8. The van der Waals surface area contributed by atoms with Crippen LogP contribution in [0.3, 0.4) is 0 Å². The minimum atomic E-state index is -0.490. The molecule has 0 bridgehead atoms. The standard InChI is InChI=1S/C128H129BN6/c1-120(2,3)87-56-83(57-88(69-87)121(4,5)6)103-65-81(79-40-37-39-78(55-79)77-130)66-104(84-58-89(122(7,8)9)70-90(59-84)123(10,11)12)118(103)134-113-75-97(132-109-47-33-29-43-99(109)100-44-30-34-48-110(100)132)51-53-107(113)129-108-54-52-98(133-111-49-35-31-45-101(111)102-46-32-36-50-112(102)133)76-114(108)135(116-74-95(128(25,26)27)73-115(134)117(116)129)119-105(85-60-91(124(13,14)15)71-92(61-85)125(16,17)18)67-82(80-41-38-42-96(64-80)131-28)68-106(119)86-62-93(126(19,20)21)72-94(63-86)127(22,23)24/h29-76H,1-27H3. The zero-order chi connectivity index (χ0) is 96.0. The van der Waals surface area contributed by atoms with Gasteiger partial charge in [0.2, 0.25) is 0 Å². The van der Waals surface area contributed by atoms with Crippen molar-refractivity contribution < 1.29 is 0 Å². The Labute approximate surface area is 803 Å². The molecule has 0 spiro atoms. The molecule has 4 heterocycles. The van der Waals surface area contributed by atoms with Crippen LogP contribution in [0.2, 0.25) is 0 Å². The van der Waals surface area contributed by atoms with Gasteiger partial charge in [-0.1, -0.05) is 375 Å². The van der Waals surface area contributed by atoms with Gasteiger partial charge < -0.3 is 18.9 Å². The van der Waals surface area contributed by atoms with Crippen LogP contribution in [0.1, 0.15) is 243 Å². The molecule has 0 atom stereocenters. The molecule has 2 aliphatic rings. The number of anilines is 6. The van der Waals surface area contributed by atoms with Gasteiger partial charge in [0.15, 0.2) is 5.69 Å². The first-order valence-corrected chi connectivity index (χ1v) is 48.5. The number of aromatic nitrogens is 2. The number of rotatable bonds is 10. The van der Waals surface area contributed by atoms with Gasteiger partial charge in [-0.3, -0.25) is 0 Å². The maximum absolute atomic E-state index is 11.1. The molecule has 19 rings (SSSR count). The van der Waals surface area contributed by atoms with E-state index in [9.17, 15) is 5.26 Å². The van der Waals surface area contributed by atoms with Crippen molar-refractivity contribution in [3.05, 3.63) is 358 Å². The van der Waals surface area contributed by atoms with Gasteiger partial charge in [0.05, 0.1) is 51.6 Å². The quantitative estimate of drug-likeness (QED) is 0.101. The van der Waals surface area contributed by atoms with Crippen molar-refractivity contribution in [3.63, 3.8) is 0 Å². The fraction of sp³-hybridized carbons (Fsp3) is 0.281. The van der Waals surface area contributed by atoms with Crippen LogP contribution in [0.15, 0.2) is 291 Å². The Balaban J connectivity index is 1.08. The second-order valence-electron chi connectivity index (χ2n) is 47.9. The Hall–Kier alpha value is -13.5. The van der Waals surface area contributed by atoms with Crippen molar-refractivity contribution in [2.45, 2.75) is 236 Å². The summed E-state index contributed by atoms with van der Waals surface area (Å²) in [6.07, 6.45) is 0. The number of hydrogen-bond donors (Lipinski definition) is 0. The zero-order valence-corrected chi connectivity index (χ0v) is 84.5. The summed E-state index contributed by atoms with van der Waals surface area (Å²) < 4.78 is 5.04. The molecular formula is C128H129BN6. The number of para-hydroxylation sites is 4. The Morgan fingerprint density at radius 3 is 0.807 bits per heavy atom. The van der Waals surface area contributed by atoms with Crippen LogP contribution in [0.25, 0.3) is 127 Å². The molecule has 0 N–H and O–H groups in total. The molecule has 15 aromatic carbocycles. The number of hydrogen-bond acceptors (Lipinski definition) is 3. The van der Waals surface area contributed by atoms with Crippen LogP contribution in [0, 0.1) is 17.9 Å². The monoisotopic (exact) mass is 1760 g/mol. The van der Waals surface area contributed by atoms with E-state index in [0.29, 0.717) is 11.3 Å². The van der Waals surface area contributed by atoms with E-state index in [4.69, 9.17) is 6.57 Å². The zero-order valence-electron chi connectivity index (χ0n) is 84.5. The summed E-state index contributed by atoms with van der Waals surface area (Å²) >= 11 is 0. The van der Waals surface area contributed by atoms with Crippen LogP contribution >= 0.6 is 0 Å². The molecule has 0 radical (unpaired) electrons. The van der Waals surface area contributed by atoms with E-state index in [1.165, 1.54) is 88.0 Å². The Bertz CT molecular complexity index is 6940. The molecule has 7 heteroatoms. The predicted octanol–water partition coefficient (Wildman–Crippen LogP) is 34.1. The van der Waals surface area contributed by atoms with E-state index < -0.39 is 12.1 Å². The first kappa shape index (κ1) is 90.7. The number of benzene rings is 15. The van der Waals surface area contributed by atoms with E-state index in [1.807, 2.05) is 12.1 Å². The number of nitriles is 1. The van der Waals surface area contributed by atoms with Crippen molar-refractivity contribution in [1.82, 2.24) is 9.13 Å². The predicted molar refractivity (Wildman–Crippen MR) is 581 cm³/mol. The van der Waals surface area contributed by atoms with Crippen LogP contribution in [-0.4, -0.2) is 15.8 Å². The Morgan fingerprint density at radius 1 is 0.252 bits per heavy atom. The fourth-order valence-corrected chi connectivity index (χ4v) is 20.6. The number of nitrogens with zero attached hydrogens (tertiary/aromatic N) is 6. The molecule has 0 saturated carbocycles. The van der Waals surface area contributed by atoms with E-state index in [-0.39, 0.29) is 43.3 Å². The normalized spacial score (nSPS) is 13.4. The maximum Gasteiger partial charge on any atom is 0.252 e. The third-order valence-corrected chi connectivity index (χ3v) is 28.8. The molecule has 0 amide bonds.